The van der Waals surface area contributed by atoms with Gasteiger partial charge in [0.05, 0.1) is 0 Å². The minimum Gasteiger partial charge on any atom is -0.481 e. The summed E-state index contributed by atoms with van der Waals surface area (Å²) in [6, 6.07) is 5.43. The monoisotopic (exact) mass is 383 g/mol. The molecular formula is C18H22ClNO6. The third kappa shape index (κ3) is 3.75. The Kier molecular flexibility index (Phi) is 6.39. The van der Waals surface area contributed by atoms with Crippen LogP contribution in [0.2, 0.25) is 5.02 Å². The minimum atomic E-state index is -1.42. The number of ketones is 1. The van der Waals surface area contributed by atoms with Crippen LogP contribution in [-0.2, 0) is 19.9 Å². The number of hydrogen-bond acceptors (Lipinski definition) is 5. The molecule has 1 fully saturated rings. The predicted molar refractivity (Wildman–Crippen MR) is 94.1 cm³/mol. The van der Waals surface area contributed by atoms with Crippen LogP contribution in [0, 0.1) is 0 Å². The van der Waals surface area contributed by atoms with Crippen LogP contribution < -0.4 is 0 Å². The van der Waals surface area contributed by atoms with Crippen LogP contribution in [0.4, 0.5) is 0 Å². The van der Waals surface area contributed by atoms with Gasteiger partial charge in [-0.1, -0.05) is 29.8 Å². The molecule has 3 N–H and O–H groups in total. The molecule has 2 rings (SSSR count). The van der Waals surface area contributed by atoms with Crippen molar-refractivity contribution in [2.45, 2.75) is 49.8 Å². The highest BCUT2D eigenvalue weighted by Crippen LogP contribution is 2.43. The van der Waals surface area contributed by atoms with Crippen LogP contribution in [0.5, 0.6) is 0 Å². The highest BCUT2D eigenvalue weighted by Gasteiger charge is 2.52. The number of carboxylic acid groups (broad SMARTS) is 2. The summed E-state index contributed by atoms with van der Waals surface area (Å²) in [6.07, 6.45) is -0.649. The number of aliphatic hydroxyl groups is 1. The second-order valence-corrected chi connectivity index (χ2v) is 6.92. The molecule has 1 aliphatic carbocycles. The van der Waals surface area contributed by atoms with E-state index in [0.29, 0.717) is 29.8 Å². The summed E-state index contributed by atoms with van der Waals surface area (Å²) in [5, 5.41) is 29.0. The summed E-state index contributed by atoms with van der Waals surface area (Å²) in [5.74, 6) is -2.86. The third-order valence-corrected chi connectivity index (χ3v) is 5.36. The van der Waals surface area contributed by atoms with Crippen LogP contribution in [0.25, 0.3) is 0 Å². The van der Waals surface area contributed by atoms with E-state index in [4.69, 9.17) is 16.7 Å². The molecule has 1 saturated carbocycles. The van der Waals surface area contributed by atoms with Gasteiger partial charge in [0.25, 0.3) is 0 Å². The molecule has 0 heterocycles. The second kappa shape index (κ2) is 8.16. The Balaban J connectivity index is 2.56. The number of carboxylic acids is 2. The Morgan fingerprint density at radius 2 is 2.00 bits per heavy atom. The van der Waals surface area contributed by atoms with Crippen LogP contribution in [0.3, 0.4) is 0 Å². The number of benzene rings is 1. The normalized spacial score (nSPS) is 24.5. The fourth-order valence-electron chi connectivity index (χ4n) is 3.69. The van der Waals surface area contributed by atoms with Crippen LogP contribution >= 0.6 is 11.6 Å². The summed E-state index contributed by atoms with van der Waals surface area (Å²) in [6.45, 7) is 0. The number of nitrogens with zero attached hydrogens (tertiary/aromatic N) is 1. The molecule has 0 aromatic heterocycles. The number of aliphatic hydroxyl groups excluding tert-OH is 1. The Hall–Kier alpha value is -1.96. The molecule has 8 heteroatoms. The van der Waals surface area contributed by atoms with Crippen molar-refractivity contribution in [1.29, 1.82) is 0 Å². The lowest BCUT2D eigenvalue weighted by Crippen LogP contribution is -2.60. The van der Waals surface area contributed by atoms with Gasteiger partial charge < -0.3 is 15.3 Å². The Labute approximate surface area is 156 Å². The molecule has 0 saturated heterocycles. The molecule has 0 unspecified atom stereocenters. The van der Waals surface area contributed by atoms with Crippen molar-refractivity contribution >= 4 is 29.3 Å². The summed E-state index contributed by atoms with van der Waals surface area (Å²) >= 11 is 6.31. The first-order chi connectivity index (χ1) is 12.2. The predicted octanol–water partition coefficient (Wildman–Crippen LogP) is 1.90. The van der Waals surface area contributed by atoms with Gasteiger partial charge in [0.1, 0.15) is 17.7 Å². The number of hydrogen-bond donors (Lipinski definition) is 3. The topological polar surface area (TPSA) is 115 Å². The zero-order valence-electron chi connectivity index (χ0n) is 14.4. The Bertz CT molecular complexity index is 709. The molecule has 0 radical (unpaired) electrons. The van der Waals surface area contributed by atoms with Crippen molar-refractivity contribution in [2.75, 3.05) is 7.05 Å². The average molecular weight is 384 g/mol. The van der Waals surface area contributed by atoms with Gasteiger partial charge in [0.15, 0.2) is 5.78 Å². The van der Waals surface area contributed by atoms with Gasteiger partial charge in [-0.25, -0.2) is 0 Å². The molecule has 142 valence electrons. The molecule has 3 atom stereocenters. The summed E-state index contributed by atoms with van der Waals surface area (Å²) in [4.78, 5) is 37.1. The van der Waals surface area contributed by atoms with Gasteiger partial charge in [-0.3, -0.25) is 19.3 Å². The van der Waals surface area contributed by atoms with Crippen molar-refractivity contribution in [3.63, 3.8) is 0 Å². The zero-order chi connectivity index (χ0) is 19.5. The number of likely N-dealkylation sites (N-methyl/N-ethyl adjacent to an activating group) is 1. The molecule has 0 spiro atoms. The number of halogens is 1. The van der Waals surface area contributed by atoms with Crippen molar-refractivity contribution in [1.82, 2.24) is 4.90 Å². The lowest BCUT2D eigenvalue weighted by molar-refractivity contribution is -0.155. The van der Waals surface area contributed by atoms with Crippen LogP contribution in [-0.4, -0.2) is 57.1 Å². The first-order valence-electron chi connectivity index (χ1n) is 8.36. The first kappa shape index (κ1) is 20.4. The SMILES string of the molecule is CN([C@@H](CCC(=O)O)C(=O)O)[C@]1(c2ccccc2Cl)CCC[C@H](O)C1=O. The van der Waals surface area contributed by atoms with E-state index >= 15 is 0 Å². The number of carbonyl (C=O) groups excluding carboxylic acids is 1. The number of rotatable bonds is 7. The van der Waals surface area contributed by atoms with Crippen LogP contribution in [0.1, 0.15) is 37.7 Å². The molecule has 0 bridgehead atoms. The van der Waals surface area contributed by atoms with E-state index < -0.39 is 35.4 Å². The van der Waals surface area contributed by atoms with E-state index in [1.807, 2.05) is 0 Å². The largest absolute Gasteiger partial charge is 0.481 e. The lowest BCUT2D eigenvalue weighted by Gasteiger charge is -2.47. The second-order valence-electron chi connectivity index (χ2n) is 6.51. The maximum atomic E-state index is 13.0. The van der Waals surface area contributed by atoms with Gasteiger partial charge in [-0.2, -0.15) is 0 Å². The first-order valence-corrected chi connectivity index (χ1v) is 8.74. The van der Waals surface area contributed by atoms with Gasteiger partial charge in [-0.15, -0.1) is 0 Å². The molecule has 1 aliphatic rings. The standard InChI is InChI=1S/C18H22ClNO6/c1-20(13(17(25)26)8-9-15(22)23)18(10-4-7-14(21)16(18)24)11-5-2-3-6-12(11)19/h2-3,5-6,13-14,21H,4,7-10H2,1H3,(H,22,23)(H,25,26)/t13-,14-,18-/m0/s1. The number of aliphatic carboxylic acids is 2. The van der Waals surface area contributed by atoms with Gasteiger partial charge in [0, 0.05) is 11.4 Å². The fourth-order valence-corrected chi connectivity index (χ4v) is 3.99. The maximum absolute atomic E-state index is 13.0. The third-order valence-electron chi connectivity index (χ3n) is 5.03. The van der Waals surface area contributed by atoms with E-state index in [0.717, 1.165) is 0 Å². The van der Waals surface area contributed by atoms with Gasteiger partial charge in [-0.05, 0) is 44.4 Å². The van der Waals surface area contributed by atoms with Gasteiger partial charge in [0.2, 0.25) is 0 Å². The molecule has 0 amide bonds. The van der Waals surface area contributed by atoms with Crippen molar-refractivity contribution in [3.8, 4) is 0 Å². The fraction of sp³-hybridized carbons (Fsp3) is 0.500. The van der Waals surface area contributed by atoms with Crippen molar-refractivity contribution in [3.05, 3.63) is 34.9 Å². The zero-order valence-corrected chi connectivity index (χ0v) is 15.1. The lowest BCUT2D eigenvalue weighted by atomic mass is 9.72. The number of Topliss-reactive ketones (excluding diaryl/α,β-unsaturated/α-hetero) is 1. The summed E-state index contributed by atoms with van der Waals surface area (Å²) < 4.78 is 0. The molecule has 1 aromatic rings. The quantitative estimate of drug-likeness (QED) is 0.658. The van der Waals surface area contributed by atoms with E-state index in [-0.39, 0.29) is 12.8 Å². The van der Waals surface area contributed by atoms with Gasteiger partial charge >= 0.3 is 11.9 Å². The highest BCUT2D eigenvalue weighted by molar-refractivity contribution is 6.31. The summed E-state index contributed by atoms with van der Waals surface area (Å²) in [7, 11) is 1.47. The van der Waals surface area contributed by atoms with E-state index in [2.05, 4.69) is 0 Å². The molecule has 0 aliphatic heterocycles. The maximum Gasteiger partial charge on any atom is 0.320 e. The highest BCUT2D eigenvalue weighted by atomic mass is 35.5. The van der Waals surface area contributed by atoms with E-state index in [1.54, 1.807) is 24.3 Å². The van der Waals surface area contributed by atoms with E-state index in [9.17, 15) is 24.6 Å². The van der Waals surface area contributed by atoms with Crippen molar-refractivity contribution < 1.29 is 29.7 Å². The summed E-state index contributed by atoms with van der Waals surface area (Å²) in [5.41, 5.74) is -0.994. The molecule has 1 aromatic carbocycles. The molecule has 7 nitrogen and oxygen atoms in total. The number of carbonyl (C=O) groups is 3. The minimum absolute atomic E-state index is 0.170. The Morgan fingerprint density at radius 3 is 2.58 bits per heavy atom. The smallest absolute Gasteiger partial charge is 0.320 e. The average Bonchev–Trinajstić information content (AvgIpc) is 2.57. The van der Waals surface area contributed by atoms with E-state index in [1.165, 1.54) is 11.9 Å². The molecule has 26 heavy (non-hydrogen) atoms. The Morgan fingerprint density at radius 1 is 1.35 bits per heavy atom. The van der Waals surface area contributed by atoms with Crippen LogP contribution in [0.15, 0.2) is 24.3 Å². The molecular weight excluding hydrogens is 362 g/mol. The van der Waals surface area contributed by atoms with Crippen molar-refractivity contribution in [2.24, 2.45) is 0 Å².